The molecule has 2 rings (SSSR count). The monoisotopic (exact) mass is 194 g/mol. The fourth-order valence-electron chi connectivity index (χ4n) is 1.84. The second-order valence-electron chi connectivity index (χ2n) is 3.94. The summed E-state index contributed by atoms with van der Waals surface area (Å²) in [5.74, 6) is -0.254. The number of carbonyl (C=O) groups is 1. The number of rotatable bonds is 3. The summed E-state index contributed by atoms with van der Waals surface area (Å²) in [6, 6.07) is 0.379. The Morgan fingerprint density at radius 1 is 1.71 bits per heavy atom. The SMILES string of the molecule is CC(C1CCC1)n1cnc(C(=O)O)c1. The maximum atomic E-state index is 10.6. The molecular weight excluding hydrogens is 180 g/mol. The Hall–Kier alpha value is -1.32. The van der Waals surface area contributed by atoms with Crippen LogP contribution >= 0.6 is 0 Å². The van der Waals surface area contributed by atoms with Gasteiger partial charge in [-0.2, -0.15) is 0 Å². The standard InChI is InChI=1S/C10H14N2O2/c1-7(8-3-2-4-8)12-5-9(10(13)14)11-6-12/h5-8H,2-4H2,1H3,(H,13,14). The van der Waals surface area contributed by atoms with Crippen molar-refractivity contribution >= 4 is 5.97 Å². The summed E-state index contributed by atoms with van der Waals surface area (Å²) in [5, 5.41) is 8.71. The van der Waals surface area contributed by atoms with Gasteiger partial charge in [0.2, 0.25) is 0 Å². The van der Waals surface area contributed by atoms with E-state index in [0.29, 0.717) is 12.0 Å². The molecule has 1 aromatic rings. The van der Waals surface area contributed by atoms with Crippen LogP contribution in [0.4, 0.5) is 0 Å². The van der Waals surface area contributed by atoms with Crippen molar-refractivity contribution in [1.29, 1.82) is 0 Å². The zero-order chi connectivity index (χ0) is 10.1. The lowest BCUT2D eigenvalue weighted by Gasteiger charge is -2.31. The van der Waals surface area contributed by atoms with Crippen molar-refractivity contribution in [3.05, 3.63) is 18.2 Å². The second kappa shape index (κ2) is 3.44. The van der Waals surface area contributed by atoms with Gasteiger partial charge in [0.1, 0.15) is 0 Å². The molecule has 0 radical (unpaired) electrons. The summed E-state index contributed by atoms with van der Waals surface area (Å²) >= 11 is 0. The molecule has 1 aliphatic rings. The molecule has 1 N–H and O–H groups in total. The van der Waals surface area contributed by atoms with Crippen LogP contribution in [-0.4, -0.2) is 20.6 Å². The quantitative estimate of drug-likeness (QED) is 0.800. The van der Waals surface area contributed by atoms with E-state index in [1.54, 1.807) is 12.5 Å². The van der Waals surface area contributed by atoms with Gasteiger partial charge >= 0.3 is 5.97 Å². The largest absolute Gasteiger partial charge is 0.476 e. The maximum Gasteiger partial charge on any atom is 0.356 e. The first-order valence-corrected chi connectivity index (χ1v) is 4.95. The van der Waals surface area contributed by atoms with E-state index in [-0.39, 0.29) is 5.69 Å². The van der Waals surface area contributed by atoms with Crippen LogP contribution in [0.1, 0.15) is 42.7 Å². The van der Waals surface area contributed by atoms with Crippen molar-refractivity contribution < 1.29 is 9.90 Å². The molecule has 0 aliphatic heterocycles. The smallest absolute Gasteiger partial charge is 0.356 e. The number of carboxylic acid groups (broad SMARTS) is 1. The molecule has 1 saturated carbocycles. The number of carboxylic acids is 1. The van der Waals surface area contributed by atoms with E-state index in [2.05, 4.69) is 11.9 Å². The number of hydrogen-bond acceptors (Lipinski definition) is 2. The van der Waals surface area contributed by atoms with E-state index < -0.39 is 5.97 Å². The number of aromatic carboxylic acids is 1. The molecule has 76 valence electrons. The van der Waals surface area contributed by atoms with Crippen molar-refractivity contribution in [2.24, 2.45) is 5.92 Å². The summed E-state index contributed by atoms with van der Waals surface area (Å²) in [5.41, 5.74) is 0.135. The molecule has 1 aliphatic carbocycles. The highest BCUT2D eigenvalue weighted by molar-refractivity contribution is 5.84. The van der Waals surface area contributed by atoms with E-state index in [4.69, 9.17) is 5.11 Å². The Bertz CT molecular complexity index is 342. The molecule has 1 atom stereocenters. The Balaban J connectivity index is 2.11. The van der Waals surface area contributed by atoms with Gasteiger partial charge in [-0.15, -0.1) is 0 Å². The molecule has 1 aromatic heterocycles. The Morgan fingerprint density at radius 2 is 2.43 bits per heavy atom. The van der Waals surface area contributed by atoms with Gasteiger partial charge in [-0.05, 0) is 25.7 Å². The normalized spacial score (nSPS) is 18.9. The first-order chi connectivity index (χ1) is 6.68. The zero-order valence-electron chi connectivity index (χ0n) is 8.18. The lowest BCUT2D eigenvalue weighted by Crippen LogP contribution is -2.22. The van der Waals surface area contributed by atoms with Crippen LogP contribution < -0.4 is 0 Å². The topological polar surface area (TPSA) is 55.1 Å². The minimum absolute atomic E-state index is 0.135. The van der Waals surface area contributed by atoms with E-state index in [1.807, 2.05) is 4.57 Å². The summed E-state index contributed by atoms with van der Waals surface area (Å²) in [6.45, 7) is 2.12. The van der Waals surface area contributed by atoms with Crippen molar-refractivity contribution in [2.75, 3.05) is 0 Å². The first kappa shape index (κ1) is 9.24. The predicted molar refractivity (Wildman–Crippen MR) is 51.2 cm³/mol. The fourth-order valence-corrected chi connectivity index (χ4v) is 1.84. The molecule has 0 aromatic carbocycles. The minimum Gasteiger partial charge on any atom is -0.476 e. The van der Waals surface area contributed by atoms with Gasteiger partial charge in [-0.1, -0.05) is 6.42 Å². The van der Waals surface area contributed by atoms with Gasteiger partial charge in [0.05, 0.1) is 6.33 Å². The summed E-state index contributed by atoms with van der Waals surface area (Å²) in [4.78, 5) is 14.5. The van der Waals surface area contributed by atoms with Crippen LogP contribution in [0.15, 0.2) is 12.5 Å². The van der Waals surface area contributed by atoms with Gasteiger partial charge in [-0.25, -0.2) is 9.78 Å². The zero-order valence-corrected chi connectivity index (χ0v) is 8.18. The molecular formula is C10H14N2O2. The molecule has 0 spiro atoms. The number of hydrogen-bond donors (Lipinski definition) is 1. The van der Waals surface area contributed by atoms with Gasteiger partial charge in [0.25, 0.3) is 0 Å². The maximum absolute atomic E-state index is 10.6. The molecule has 1 fully saturated rings. The Labute approximate surface area is 82.6 Å². The third kappa shape index (κ3) is 1.52. The van der Waals surface area contributed by atoms with Gasteiger partial charge in [0.15, 0.2) is 5.69 Å². The molecule has 0 bridgehead atoms. The van der Waals surface area contributed by atoms with Crippen molar-refractivity contribution in [1.82, 2.24) is 9.55 Å². The van der Waals surface area contributed by atoms with Crippen LogP contribution in [-0.2, 0) is 0 Å². The average molecular weight is 194 g/mol. The molecule has 1 heterocycles. The molecule has 0 saturated heterocycles. The third-order valence-corrected chi connectivity index (χ3v) is 3.12. The lowest BCUT2D eigenvalue weighted by molar-refractivity contribution is 0.0691. The first-order valence-electron chi connectivity index (χ1n) is 4.95. The molecule has 4 heteroatoms. The van der Waals surface area contributed by atoms with Crippen LogP contribution in [0.25, 0.3) is 0 Å². The Morgan fingerprint density at radius 3 is 2.86 bits per heavy atom. The fraction of sp³-hybridized carbons (Fsp3) is 0.600. The summed E-state index contributed by atoms with van der Waals surface area (Å²) in [6.07, 6.45) is 7.04. The van der Waals surface area contributed by atoms with E-state index in [1.165, 1.54) is 19.3 Å². The molecule has 4 nitrogen and oxygen atoms in total. The van der Waals surface area contributed by atoms with Crippen LogP contribution in [0, 0.1) is 5.92 Å². The molecule has 14 heavy (non-hydrogen) atoms. The van der Waals surface area contributed by atoms with Crippen LogP contribution in [0.5, 0.6) is 0 Å². The average Bonchev–Trinajstić information content (AvgIpc) is 2.48. The highest BCUT2D eigenvalue weighted by Crippen LogP contribution is 2.35. The third-order valence-electron chi connectivity index (χ3n) is 3.12. The summed E-state index contributed by atoms with van der Waals surface area (Å²) in [7, 11) is 0. The Kier molecular flexibility index (Phi) is 2.27. The van der Waals surface area contributed by atoms with Gasteiger partial charge < -0.3 is 9.67 Å². The predicted octanol–water partition coefficient (Wildman–Crippen LogP) is 1.94. The van der Waals surface area contributed by atoms with Gasteiger partial charge in [-0.3, -0.25) is 0 Å². The number of aromatic nitrogens is 2. The van der Waals surface area contributed by atoms with Gasteiger partial charge in [0, 0.05) is 12.2 Å². The highest BCUT2D eigenvalue weighted by Gasteiger charge is 2.25. The molecule has 0 amide bonds. The number of imidazole rings is 1. The van der Waals surface area contributed by atoms with Crippen molar-refractivity contribution in [2.45, 2.75) is 32.2 Å². The highest BCUT2D eigenvalue weighted by atomic mass is 16.4. The summed E-state index contributed by atoms with van der Waals surface area (Å²) < 4.78 is 1.91. The van der Waals surface area contributed by atoms with E-state index in [9.17, 15) is 4.79 Å². The lowest BCUT2D eigenvalue weighted by atomic mass is 9.80. The number of nitrogens with zero attached hydrogens (tertiary/aromatic N) is 2. The minimum atomic E-state index is -0.954. The van der Waals surface area contributed by atoms with E-state index >= 15 is 0 Å². The molecule has 1 unspecified atom stereocenters. The van der Waals surface area contributed by atoms with Crippen molar-refractivity contribution in [3.8, 4) is 0 Å². The second-order valence-corrected chi connectivity index (χ2v) is 3.94. The van der Waals surface area contributed by atoms with E-state index in [0.717, 1.165) is 0 Å². The van der Waals surface area contributed by atoms with Crippen LogP contribution in [0.2, 0.25) is 0 Å². The van der Waals surface area contributed by atoms with Crippen molar-refractivity contribution in [3.63, 3.8) is 0 Å². The van der Waals surface area contributed by atoms with Crippen LogP contribution in [0.3, 0.4) is 0 Å².